The fraction of sp³-hybridized carbons (Fsp3) is 0.750. The van der Waals surface area contributed by atoms with Crippen molar-refractivity contribution in [2.24, 2.45) is 0 Å². The summed E-state index contributed by atoms with van der Waals surface area (Å²) in [6.07, 6.45) is 4.53. The van der Waals surface area contributed by atoms with Crippen LogP contribution in [0.25, 0.3) is 0 Å². The molecule has 5 nitrogen and oxygen atoms in total. The molecule has 0 saturated carbocycles. The summed E-state index contributed by atoms with van der Waals surface area (Å²) in [7, 11) is 4.28. The van der Waals surface area contributed by atoms with Gasteiger partial charge in [0.1, 0.15) is 17.5 Å². The van der Waals surface area contributed by atoms with Crippen molar-refractivity contribution in [2.75, 3.05) is 43.9 Å². The highest BCUT2D eigenvalue weighted by Crippen LogP contribution is 2.26. The molecule has 1 unspecified atom stereocenters. The molecule has 2 rings (SSSR count). The summed E-state index contributed by atoms with van der Waals surface area (Å²) in [4.78, 5) is 14.1. The zero-order chi connectivity index (χ0) is 15.2. The average Bonchev–Trinajstić information content (AvgIpc) is 2.86. The number of hydrogen-bond acceptors (Lipinski definition) is 5. The normalized spacial score (nSPS) is 18.5. The van der Waals surface area contributed by atoms with E-state index in [4.69, 9.17) is 4.98 Å². The van der Waals surface area contributed by atoms with E-state index in [1.54, 1.807) is 0 Å². The van der Waals surface area contributed by atoms with Gasteiger partial charge in [-0.3, -0.25) is 0 Å². The van der Waals surface area contributed by atoms with Crippen molar-refractivity contribution in [3.05, 3.63) is 11.9 Å². The Balaban J connectivity index is 2.23. The van der Waals surface area contributed by atoms with Gasteiger partial charge in [-0.1, -0.05) is 6.92 Å². The Kier molecular flexibility index (Phi) is 5.79. The second-order valence-corrected chi connectivity index (χ2v) is 6.06. The van der Waals surface area contributed by atoms with E-state index in [0.717, 1.165) is 49.9 Å². The first-order chi connectivity index (χ1) is 10.1. The first-order valence-corrected chi connectivity index (χ1v) is 8.17. The SMILES string of the molecule is CCCc1nc(NCC)cc(N2CCCC2CN(C)C)n1. The minimum Gasteiger partial charge on any atom is -0.370 e. The van der Waals surface area contributed by atoms with Crippen LogP contribution in [0.15, 0.2) is 6.07 Å². The number of aryl methyl sites for hydroxylation is 1. The molecule has 0 amide bonds. The van der Waals surface area contributed by atoms with Crippen molar-refractivity contribution >= 4 is 11.6 Å². The summed E-state index contributed by atoms with van der Waals surface area (Å²) >= 11 is 0. The third-order valence-electron chi connectivity index (χ3n) is 3.84. The van der Waals surface area contributed by atoms with Crippen LogP contribution >= 0.6 is 0 Å². The second-order valence-electron chi connectivity index (χ2n) is 6.06. The maximum absolute atomic E-state index is 4.80. The van der Waals surface area contributed by atoms with Crippen LogP contribution in [-0.2, 0) is 6.42 Å². The molecule has 5 heteroatoms. The molecule has 0 aliphatic carbocycles. The monoisotopic (exact) mass is 291 g/mol. The Morgan fingerprint density at radius 3 is 2.81 bits per heavy atom. The van der Waals surface area contributed by atoms with E-state index < -0.39 is 0 Å². The predicted molar refractivity (Wildman–Crippen MR) is 89.1 cm³/mol. The Bertz CT molecular complexity index is 422. The molecular weight excluding hydrogens is 262 g/mol. The lowest BCUT2D eigenvalue weighted by atomic mass is 10.2. The van der Waals surface area contributed by atoms with E-state index in [1.165, 1.54) is 12.8 Å². The van der Waals surface area contributed by atoms with Crippen LogP contribution in [0.5, 0.6) is 0 Å². The number of likely N-dealkylation sites (N-methyl/N-ethyl adjacent to an activating group) is 1. The summed E-state index contributed by atoms with van der Waals surface area (Å²) in [5.41, 5.74) is 0. The minimum absolute atomic E-state index is 0.568. The molecule has 118 valence electrons. The molecule has 1 aromatic rings. The van der Waals surface area contributed by atoms with Gasteiger partial charge in [-0.05, 0) is 40.3 Å². The van der Waals surface area contributed by atoms with Crippen LogP contribution in [0, 0.1) is 0 Å². The van der Waals surface area contributed by atoms with Gasteiger partial charge in [-0.25, -0.2) is 9.97 Å². The molecule has 1 N–H and O–H groups in total. The largest absolute Gasteiger partial charge is 0.370 e. The minimum atomic E-state index is 0.568. The summed E-state index contributed by atoms with van der Waals surface area (Å²) in [5.74, 6) is 3.01. The fourth-order valence-electron chi connectivity index (χ4n) is 2.99. The van der Waals surface area contributed by atoms with Gasteiger partial charge in [0, 0.05) is 38.2 Å². The van der Waals surface area contributed by atoms with Gasteiger partial charge in [-0.2, -0.15) is 0 Å². The van der Waals surface area contributed by atoms with Crippen molar-refractivity contribution < 1.29 is 0 Å². The van der Waals surface area contributed by atoms with Crippen LogP contribution in [0.2, 0.25) is 0 Å². The molecule has 0 aromatic carbocycles. The first-order valence-electron chi connectivity index (χ1n) is 8.17. The molecule has 0 spiro atoms. The molecule has 0 radical (unpaired) electrons. The lowest BCUT2D eigenvalue weighted by Crippen LogP contribution is -2.38. The highest BCUT2D eigenvalue weighted by molar-refractivity contribution is 5.51. The smallest absolute Gasteiger partial charge is 0.134 e. The van der Waals surface area contributed by atoms with Gasteiger partial charge < -0.3 is 15.1 Å². The zero-order valence-corrected chi connectivity index (χ0v) is 13.9. The summed E-state index contributed by atoms with van der Waals surface area (Å²) in [6.45, 7) is 7.36. The highest BCUT2D eigenvalue weighted by Gasteiger charge is 2.26. The van der Waals surface area contributed by atoms with Crippen molar-refractivity contribution in [2.45, 2.75) is 45.6 Å². The lowest BCUT2D eigenvalue weighted by molar-refractivity contribution is 0.371. The molecular formula is C16H29N5. The van der Waals surface area contributed by atoms with Gasteiger partial charge in [0.25, 0.3) is 0 Å². The Morgan fingerprint density at radius 1 is 1.33 bits per heavy atom. The van der Waals surface area contributed by atoms with Crippen LogP contribution in [0.3, 0.4) is 0 Å². The van der Waals surface area contributed by atoms with Crippen LogP contribution in [0.4, 0.5) is 11.6 Å². The third-order valence-corrected chi connectivity index (χ3v) is 3.84. The Labute approximate surface area is 128 Å². The molecule has 1 aromatic heterocycles. The number of aromatic nitrogens is 2. The molecule has 0 bridgehead atoms. The zero-order valence-electron chi connectivity index (χ0n) is 13.9. The average molecular weight is 291 g/mol. The second kappa shape index (κ2) is 7.59. The summed E-state index contributed by atoms with van der Waals surface area (Å²) in [6, 6.07) is 2.68. The van der Waals surface area contributed by atoms with E-state index in [9.17, 15) is 0 Å². The van der Waals surface area contributed by atoms with Crippen LogP contribution in [-0.4, -0.2) is 54.6 Å². The molecule has 1 aliphatic rings. The van der Waals surface area contributed by atoms with Crippen molar-refractivity contribution in [1.29, 1.82) is 0 Å². The quantitative estimate of drug-likeness (QED) is 0.835. The standard InChI is InChI=1S/C16H29N5/c1-5-8-14-18-15(17-6-2)11-16(19-14)21-10-7-9-13(21)12-20(3)4/h11,13H,5-10,12H2,1-4H3,(H,17,18,19). The number of nitrogens with one attached hydrogen (secondary N) is 1. The third kappa shape index (κ3) is 4.30. The number of anilines is 2. The van der Waals surface area contributed by atoms with Crippen molar-refractivity contribution in [1.82, 2.24) is 14.9 Å². The first kappa shape index (κ1) is 16.0. The highest BCUT2D eigenvalue weighted by atomic mass is 15.3. The lowest BCUT2D eigenvalue weighted by Gasteiger charge is -2.28. The van der Waals surface area contributed by atoms with E-state index in [1.807, 2.05) is 0 Å². The van der Waals surface area contributed by atoms with Crippen molar-refractivity contribution in [3.8, 4) is 0 Å². The van der Waals surface area contributed by atoms with E-state index in [2.05, 4.69) is 54.1 Å². The molecule has 1 aliphatic heterocycles. The molecule has 21 heavy (non-hydrogen) atoms. The van der Waals surface area contributed by atoms with Gasteiger partial charge in [0.15, 0.2) is 0 Å². The number of nitrogens with zero attached hydrogens (tertiary/aromatic N) is 4. The van der Waals surface area contributed by atoms with Crippen LogP contribution < -0.4 is 10.2 Å². The van der Waals surface area contributed by atoms with E-state index in [0.29, 0.717) is 6.04 Å². The van der Waals surface area contributed by atoms with Crippen molar-refractivity contribution in [3.63, 3.8) is 0 Å². The summed E-state index contributed by atoms with van der Waals surface area (Å²) in [5, 5.41) is 3.34. The topological polar surface area (TPSA) is 44.3 Å². The number of hydrogen-bond donors (Lipinski definition) is 1. The summed E-state index contributed by atoms with van der Waals surface area (Å²) < 4.78 is 0. The maximum atomic E-state index is 4.80. The predicted octanol–water partition coefficient (Wildman–Crippen LogP) is 2.39. The Hall–Kier alpha value is -1.36. The molecule has 1 atom stereocenters. The Morgan fingerprint density at radius 2 is 2.14 bits per heavy atom. The maximum Gasteiger partial charge on any atom is 0.134 e. The van der Waals surface area contributed by atoms with Gasteiger partial charge in [-0.15, -0.1) is 0 Å². The van der Waals surface area contributed by atoms with Gasteiger partial charge >= 0.3 is 0 Å². The van der Waals surface area contributed by atoms with E-state index >= 15 is 0 Å². The number of rotatable bonds is 7. The molecule has 1 fully saturated rings. The van der Waals surface area contributed by atoms with E-state index in [-0.39, 0.29) is 0 Å². The van der Waals surface area contributed by atoms with Gasteiger partial charge in [0.05, 0.1) is 0 Å². The fourth-order valence-corrected chi connectivity index (χ4v) is 2.99. The van der Waals surface area contributed by atoms with Gasteiger partial charge in [0.2, 0.25) is 0 Å². The molecule has 1 saturated heterocycles. The van der Waals surface area contributed by atoms with Crippen LogP contribution in [0.1, 0.15) is 38.9 Å². The molecule has 2 heterocycles.